The summed E-state index contributed by atoms with van der Waals surface area (Å²) in [6.45, 7) is 5.83. The second-order valence-electron chi connectivity index (χ2n) is 10.3. The molecule has 0 atom stereocenters. The molecule has 35 heavy (non-hydrogen) atoms. The number of fused-ring (bicyclic) bond motifs is 6. The fourth-order valence-electron chi connectivity index (χ4n) is 6.63. The van der Waals surface area contributed by atoms with Crippen LogP contribution in [0.2, 0.25) is 0 Å². The average Bonchev–Trinajstić information content (AvgIpc) is 3.22. The zero-order valence-corrected chi connectivity index (χ0v) is 19.7. The third-order valence-electron chi connectivity index (χ3n) is 8.10. The van der Waals surface area contributed by atoms with Crippen LogP contribution < -0.4 is 10.4 Å². The summed E-state index contributed by atoms with van der Waals surface area (Å²) < 4.78 is 31.9. The Bertz CT molecular complexity index is 1420. The van der Waals surface area contributed by atoms with Crippen molar-refractivity contribution in [3.63, 3.8) is 0 Å². The minimum absolute atomic E-state index is 0.104. The normalized spacial score (nSPS) is 24.5. The van der Waals surface area contributed by atoms with Gasteiger partial charge in [0, 0.05) is 23.7 Å². The number of hydrogen-bond donors (Lipinski definition) is 1. The van der Waals surface area contributed by atoms with Gasteiger partial charge in [-0.15, -0.1) is 0 Å². The SMILES string of the molecule is CC(C)N1CN(C23c4cccc(F)c4CC2(C)Cc2c(F)cccc23)n2ccc(=O)c(O)c2C1=O. The molecular formula is C27H25F2N3O3. The zero-order chi connectivity index (χ0) is 24.9. The molecule has 0 bridgehead atoms. The summed E-state index contributed by atoms with van der Waals surface area (Å²) in [7, 11) is 0. The summed E-state index contributed by atoms with van der Waals surface area (Å²) in [5, 5.41) is 12.6. The lowest BCUT2D eigenvalue weighted by molar-refractivity contribution is 0.0542. The van der Waals surface area contributed by atoms with Crippen molar-refractivity contribution < 1.29 is 18.7 Å². The number of carbonyl (C=O) groups is 1. The summed E-state index contributed by atoms with van der Waals surface area (Å²) >= 11 is 0. The Morgan fingerprint density at radius 1 is 0.943 bits per heavy atom. The second kappa shape index (κ2) is 6.93. The van der Waals surface area contributed by atoms with Gasteiger partial charge in [0.15, 0.2) is 11.4 Å². The van der Waals surface area contributed by atoms with Crippen molar-refractivity contribution in [1.29, 1.82) is 0 Å². The Morgan fingerprint density at radius 3 is 2.06 bits per heavy atom. The van der Waals surface area contributed by atoms with Gasteiger partial charge < -0.3 is 10.0 Å². The first-order valence-electron chi connectivity index (χ1n) is 11.7. The summed E-state index contributed by atoms with van der Waals surface area (Å²) in [4.78, 5) is 27.4. The van der Waals surface area contributed by atoms with Crippen LogP contribution in [0.1, 0.15) is 53.5 Å². The van der Waals surface area contributed by atoms with Gasteiger partial charge in [-0.3, -0.25) is 19.3 Å². The first-order valence-corrected chi connectivity index (χ1v) is 11.7. The molecule has 3 aromatic rings. The highest BCUT2D eigenvalue weighted by molar-refractivity contribution is 5.96. The highest BCUT2D eigenvalue weighted by Crippen LogP contribution is 2.64. The summed E-state index contributed by atoms with van der Waals surface area (Å²) in [6, 6.07) is 10.8. The van der Waals surface area contributed by atoms with Crippen molar-refractivity contribution in [3.05, 3.63) is 98.5 Å². The van der Waals surface area contributed by atoms with E-state index in [4.69, 9.17) is 0 Å². The maximum atomic E-state index is 15.2. The molecule has 0 saturated heterocycles. The molecule has 2 aliphatic carbocycles. The number of nitrogens with zero attached hydrogens (tertiary/aromatic N) is 3. The van der Waals surface area contributed by atoms with Crippen LogP contribution in [-0.4, -0.2) is 33.3 Å². The van der Waals surface area contributed by atoms with Crippen molar-refractivity contribution in [2.45, 2.75) is 45.2 Å². The van der Waals surface area contributed by atoms with Gasteiger partial charge in [0.2, 0.25) is 5.43 Å². The highest BCUT2D eigenvalue weighted by Gasteiger charge is 2.66. The molecule has 0 spiro atoms. The summed E-state index contributed by atoms with van der Waals surface area (Å²) in [6.07, 6.45) is 2.21. The van der Waals surface area contributed by atoms with Gasteiger partial charge >= 0.3 is 0 Å². The van der Waals surface area contributed by atoms with E-state index in [1.54, 1.807) is 17.0 Å². The third-order valence-corrected chi connectivity index (χ3v) is 8.10. The van der Waals surface area contributed by atoms with E-state index in [1.165, 1.54) is 29.1 Å². The Morgan fingerprint density at radius 2 is 1.51 bits per heavy atom. The molecule has 1 aromatic heterocycles. The van der Waals surface area contributed by atoms with Gasteiger partial charge in [0.25, 0.3) is 5.91 Å². The molecule has 2 heterocycles. The number of carbonyl (C=O) groups excluding carboxylic acids is 1. The number of aromatic nitrogens is 1. The molecule has 0 saturated carbocycles. The van der Waals surface area contributed by atoms with Crippen molar-refractivity contribution in [3.8, 4) is 5.75 Å². The fraction of sp³-hybridized carbons (Fsp3) is 0.333. The maximum Gasteiger partial charge on any atom is 0.278 e. The molecule has 0 radical (unpaired) electrons. The number of aromatic hydroxyl groups is 1. The molecule has 1 aliphatic heterocycles. The number of pyridine rings is 1. The van der Waals surface area contributed by atoms with E-state index in [0.717, 1.165) is 0 Å². The van der Waals surface area contributed by atoms with Gasteiger partial charge in [0.1, 0.15) is 23.8 Å². The molecule has 8 heteroatoms. The van der Waals surface area contributed by atoms with E-state index in [9.17, 15) is 14.7 Å². The zero-order valence-electron chi connectivity index (χ0n) is 19.7. The molecule has 2 aromatic carbocycles. The van der Waals surface area contributed by atoms with E-state index >= 15 is 8.78 Å². The summed E-state index contributed by atoms with van der Waals surface area (Å²) in [5.74, 6) is -1.76. The van der Waals surface area contributed by atoms with E-state index in [0.29, 0.717) is 35.1 Å². The van der Waals surface area contributed by atoms with Crippen LogP contribution >= 0.6 is 0 Å². The number of hydrogen-bond acceptors (Lipinski definition) is 4. The predicted molar refractivity (Wildman–Crippen MR) is 126 cm³/mol. The highest BCUT2D eigenvalue weighted by atomic mass is 19.1. The van der Waals surface area contributed by atoms with Gasteiger partial charge in [-0.1, -0.05) is 31.2 Å². The standard InChI is InChI=1S/C27H25F2N3O3/c1-15(2)30-14-32(31-11-10-22(33)24(34)23(31)25(30)35)27-18-6-4-8-20(28)16(18)12-26(27,3)13-17-19(27)7-5-9-21(17)29/h4-11,15,34H,12-14H2,1-3H3. The second-order valence-corrected chi connectivity index (χ2v) is 10.3. The van der Waals surface area contributed by atoms with Crippen molar-refractivity contribution in [2.75, 3.05) is 11.7 Å². The predicted octanol–water partition coefficient (Wildman–Crippen LogP) is 3.65. The largest absolute Gasteiger partial charge is 0.502 e. The molecule has 0 unspecified atom stereocenters. The molecular weight excluding hydrogens is 452 g/mol. The van der Waals surface area contributed by atoms with E-state index in [1.807, 2.05) is 37.9 Å². The van der Waals surface area contributed by atoms with Crippen molar-refractivity contribution in [2.24, 2.45) is 5.41 Å². The van der Waals surface area contributed by atoms with Crippen LogP contribution in [0.4, 0.5) is 8.78 Å². The quantitative estimate of drug-likeness (QED) is 0.612. The number of benzene rings is 2. The lowest BCUT2D eigenvalue weighted by Gasteiger charge is -2.54. The van der Waals surface area contributed by atoms with Gasteiger partial charge in [-0.05, 0) is 61.1 Å². The van der Waals surface area contributed by atoms with E-state index in [2.05, 4.69) is 0 Å². The lowest BCUT2D eigenvalue weighted by Crippen LogP contribution is -2.66. The molecule has 6 rings (SSSR count). The number of halogens is 2. The molecule has 3 aliphatic rings. The fourth-order valence-corrected chi connectivity index (χ4v) is 6.63. The third kappa shape index (κ3) is 2.52. The molecule has 0 fully saturated rings. The number of amides is 1. The molecule has 180 valence electrons. The lowest BCUT2D eigenvalue weighted by atomic mass is 9.71. The van der Waals surface area contributed by atoms with E-state index in [-0.39, 0.29) is 30.0 Å². The Balaban J connectivity index is 1.75. The Kier molecular flexibility index (Phi) is 4.32. The van der Waals surface area contributed by atoms with Gasteiger partial charge in [-0.25, -0.2) is 8.78 Å². The van der Waals surface area contributed by atoms with Gasteiger partial charge in [0.05, 0.1) is 0 Å². The smallest absolute Gasteiger partial charge is 0.278 e. The maximum absolute atomic E-state index is 15.2. The van der Waals surface area contributed by atoms with Crippen LogP contribution in [0.25, 0.3) is 0 Å². The molecule has 6 nitrogen and oxygen atoms in total. The minimum atomic E-state index is -1.05. The topological polar surface area (TPSA) is 65.8 Å². The van der Waals surface area contributed by atoms with Crippen LogP contribution in [0.3, 0.4) is 0 Å². The first-order chi connectivity index (χ1) is 16.6. The minimum Gasteiger partial charge on any atom is -0.502 e. The monoisotopic (exact) mass is 477 g/mol. The molecule has 1 amide bonds. The van der Waals surface area contributed by atoms with E-state index < -0.39 is 28.0 Å². The Labute approximate surface area is 201 Å². The van der Waals surface area contributed by atoms with Gasteiger partial charge in [-0.2, -0.15) is 0 Å². The number of rotatable bonds is 2. The van der Waals surface area contributed by atoms with Crippen LogP contribution in [0.15, 0.2) is 53.5 Å². The van der Waals surface area contributed by atoms with Crippen molar-refractivity contribution in [1.82, 2.24) is 9.58 Å². The van der Waals surface area contributed by atoms with Crippen molar-refractivity contribution >= 4 is 5.91 Å². The molecule has 1 N–H and O–H groups in total. The van der Waals surface area contributed by atoms with Crippen LogP contribution in [0, 0.1) is 17.0 Å². The first kappa shape index (κ1) is 21.8. The summed E-state index contributed by atoms with van der Waals surface area (Å²) in [5.41, 5.74) is -0.00448. The van der Waals surface area contributed by atoms with Crippen LogP contribution in [-0.2, 0) is 18.4 Å². The average molecular weight is 478 g/mol. The van der Waals surface area contributed by atoms with Crippen LogP contribution in [0.5, 0.6) is 5.75 Å². The Hall–Kier alpha value is -3.68.